The van der Waals surface area contributed by atoms with Gasteiger partial charge in [0.2, 0.25) is 0 Å². The van der Waals surface area contributed by atoms with E-state index < -0.39 is 0 Å². The van der Waals surface area contributed by atoms with Crippen LogP contribution in [0.2, 0.25) is 0 Å². The molecule has 0 saturated carbocycles. The van der Waals surface area contributed by atoms with E-state index in [1.807, 2.05) is 4.90 Å². The topological polar surface area (TPSA) is 67.6 Å². The molecule has 114 valence electrons. The van der Waals surface area contributed by atoms with Gasteiger partial charge >= 0.3 is 0 Å². The molecule has 2 aliphatic rings. The first-order chi connectivity index (χ1) is 10.2. The van der Waals surface area contributed by atoms with Crippen LogP contribution >= 0.6 is 0 Å². The van der Waals surface area contributed by atoms with E-state index in [0.717, 1.165) is 31.5 Å². The summed E-state index contributed by atoms with van der Waals surface area (Å²) in [5.74, 6) is 0. The van der Waals surface area contributed by atoms with Gasteiger partial charge in [0, 0.05) is 19.7 Å². The highest BCUT2D eigenvalue weighted by molar-refractivity contribution is 5.65. The summed E-state index contributed by atoms with van der Waals surface area (Å²) >= 11 is 0. The van der Waals surface area contributed by atoms with E-state index >= 15 is 0 Å². The Labute approximate surface area is 123 Å². The van der Waals surface area contributed by atoms with Gasteiger partial charge in [0.05, 0.1) is 23.6 Å². The van der Waals surface area contributed by atoms with Gasteiger partial charge < -0.3 is 14.7 Å². The Balaban J connectivity index is 1.95. The molecule has 1 aromatic rings. The number of nitrogens with zero attached hydrogens (tertiary/aromatic N) is 3. The second-order valence-electron chi connectivity index (χ2n) is 5.61. The van der Waals surface area contributed by atoms with Crippen LogP contribution in [0.3, 0.4) is 0 Å². The van der Waals surface area contributed by atoms with Crippen molar-refractivity contribution in [3.63, 3.8) is 0 Å². The maximum Gasteiger partial charge on any atom is 0.278 e. The third kappa shape index (κ3) is 2.73. The molecule has 0 spiro atoms. The summed E-state index contributed by atoms with van der Waals surface area (Å²) in [6.45, 7) is 5.69. The first kappa shape index (κ1) is 14.3. The fourth-order valence-electron chi connectivity index (χ4n) is 3.00. The van der Waals surface area contributed by atoms with E-state index in [4.69, 9.17) is 4.74 Å². The Kier molecular flexibility index (Phi) is 4.07. The lowest BCUT2D eigenvalue weighted by atomic mass is 10.2. The normalized spacial score (nSPS) is 26.0. The highest BCUT2D eigenvalue weighted by Crippen LogP contribution is 2.25. The molecule has 3 rings (SSSR count). The van der Waals surface area contributed by atoms with Gasteiger partial charge in [-0.3, -0.25) is 4.79 Å². The van der Waals surface area contributed by atoms with Crippen molar-refractivity contribution in [1.29, 1.82) is 0 Å². The fraction of sp³-hybridized carbons (Fsp3) is 0.600. The summed E-state index contributed by atoms with van der Waals surface area (Å²) < 4.78 is 7.06. The van der Waals surface area contributed by atoms with Crippen molar-refractivity contribution < 1.29 is 9.84 Å². The molecule has 0 aliphatic carbocycles. The molecule has 6 nitrogen and oxygen atoms in total. The number of hydrogen-bond acceptors (Lipinski definition) is 5. The van der Waals surface area contributed by atoms with Crippen LogP contribution < -0.4 is 10.5 Å². The van der Waals surface area contributed by atoms with Crippen LogP contribution in [0.5, 0.6) is 0 Å². The zero-order chi connectivity index (χ0) is 14.8. The molecule has 0 radical (unpaired) electrons. The second kappa shape index (κ2) is 5.99. The molecule has 2 fully saturated rings. The number of aliphatic hydroxyl groups excluding tert-OH is 1. The molecule has 6 heteroatoms. The monoisotopic (exact) mass is 291 g/mol. The molecular formula is C15H21N3O3. The van der Waals surface area contributed by atoms with Gasteiger partial charge in [-0.25, -0.2) is 4.68 Å². The number of anilines is 1. The van der Waals surface area contributed by atoms with Gasteiger partial charge in [-0.1, -0.05) is 12.7 Å². The van der Waals surface area contributed by atoms with Gasteiger partial charge in [-0.05, 0) is 25.7 Å². The predicted molar refractivity (Wildman–Crippen MR) is 80.3 cm³/mol. The van der Waals surface area contributed by atoms with E-state index in [0.29, 0.717) is 25.1 Å². The Morgan fingerprint density at radius 3 is 2.90 bits per heavy atom. The van der Waals surface area contributed by atoms with Gasteiger partial charge in [-0.15, -0.1) is 0 Å². The maximum absolute atomic E-state index is 12.6. The number of ether oxygens (including phenoxy) is 1. The average Bonchev–Trinajstić information content (AvgIpc) is 2.94. The number of hydrogen-bond donors (Lipinski definition) is 1. The number of aliphatic hydroxyl groups is 1. The zero-order valence-corrected chi connectivity index (χ0v) is 12.1. The van der Waals surface area contributed by atoms with E-state index in [-0.39, 0.29) is 17.9 Å². The van der Waals surface area contributed by atoms with E-state index in [9.17, 15) is 9.90 Å². The molecule has 0 amide bonds. The minimum atomic E-state index is -0.341. The Bertz CT molecular complexity index is 578. The molecule has 2 atom stereocenters. The highest BCUT2D eigenvalue weighted by atomic mass is 16.5. The van der Waals surface area contributed by atoms with Crippen molar-refractivity contribution in [2.24, 2.45) is 0 Å². The summed E-state index contributed by atoms with van der Waals surface area (Å²) in [4.78, 5) is 14.6. The van der Waals surface area contributed by atoms with Gasteiger partial charge in [-0.2, -0.15) is 5.10 Å². The quantitative estimate of drug-likeness (QED) is 0.905. The summed E-state index contributed by atoms with van der Waals surface area (Å²) in [6, 6.07) is 0. The lowest BCUT2D eigenvalue weighted by Crippen LogP contribution is -2.34. The molecule has 1 aromatic heterocycles. The number of aromatic nitrogens is 2. The molecule has 0 aromatic carbocycles. The van der Waals surface area contributed by atoms with Crippen LogP contribution in [-0.2, 0) is 4.74 Å². The average molecular weight is 291 g/mol. The maximum atomic E-state index is 12.6. The smallest absolute Gasteiger partial charge is 0.278 e. The molecule has 2 unspecified atom stereocenters. The van der Waals surface area contributed by atoms with Gasteiger partial charge in [0.1, 0.15) is 0 Å². The predicted octanol–water partition coefficient (Wildman–Crippen LogP) is 1.16. The van der Waals surface area contributed by atoms with Crippen molar-refractivity contribution in [3.8, 4) is 0 Å². The van der Waals surface area contributed by atoms with Crippen LogP contribution in [0, 0.1) is 0 Å². The SMILES string of the molecule is C=Cc1c(N2CCC(O)C2)cnn(C2CCCCO2)c1=O. The molecular weight excluding hydrogens is 270 g/mol. The second-order valence-corrected chi connectivity index (χ2v) is 5.61. The van der Waals surface area contributed by atoms with Crippen LogP contribution in [0.25, 0.3) is 6.08 Å². The van der Waals surface area contributed by atoms with Crippen molar-refractivity contribution in [3.05, 3.63) is 28.7 Å². The van der Waals surface area contributed by atoms with E-state index in [1.54, 1.807) is 12.3 Å². The number of rotatable bonds is 3. The summed E-state index contributed by atoms with van der Waals surface area (Å²) in [7, 11) is 0. The van der Waals surface area contributed by atoms with Crippen LogP contribution in [0.1, 0.15) is 37.5 Å². The molecule has 3 heterocycles. The van der Waals surface area contributed by atoms with Crippen LogP contribution in [0.4, 0.5) is 5.69 Å². The highest BCUT2D eigenvalue weighted by Gasteiger charge is 2.25. The molecule has 1 N–H and O–H groups in total. The Morgan fingerprint density at radius 1 is 1.43 bits per heavy atom. The van der Waals surface area contributed by atoms with Crippen molar-refractivity contribution in [1.82, 2.24) is 9.78 Å². The summed E-state index contributed by atoms with van der Waals surface area (Å²) in [5, 5.41) is 13.9. The zero-order valence-electron chi connectivity index (χ0n) is 12.1. The molecule has 2 saturated heterocycles. The minimum Gasteiger partial charge on any atom is -0.391 e. The van der Waals surface area contributed by atoms with Gasteiger partial charge in [0.25, 0.3) is 5.56 Å². The minimum absolute atomic E-state index is 0.171. The van der Waals surface area contributed by atoms with E-state index in [1.165, 1.54) is 4.68 Å². The lowest BCUT2D eigenvalue weighted by molar-refractivity contribution is -0.0424. The standard InChI is InChI=1S/C15H21N3O3/c1-2-12-13(17-7-6-11(19)10-17)9-16-18(15(12)20)14-5-3-4-8-21-14/h2,9,11,14,19H,1,3-8,10H2. The van der Waals surface area contributed by atoms with Crippen molar-refractivity contribution >= 4 is 11.8 Å². The largest absolute Gasteiger partial charge is 0.391 e. The molecule has 21 heavy (non-hydrogen) atoms. The summed E-state index contributed by atoms with van der Waals surface area (Å²) in [6.07, 6.45) is 6.25. The fourth-order valence-corrected chi connectivity index (χ4v) is 3.00. The first-order valence-electron chi connectivity index (χ1n) is 7.49. The first-order valence-corrected chi connectivity index (χ1v) is 7.49. The lowest BCUT2D eigenvalue weighted by Gasteiger charge is -2.25. The third-order valence-electron chi connectivity index (χ3n) is 4.16. The Morgan fingerprint density at radius 2 is 2.29 bits per heavy atom. The van der Waals surface area contributed by atoms with Crippen molar-refractivity contribution in [2.45, 2.75) is 38.0 Å². The summed E-state index contributed by atoms with van der Waals surface area (Å²) in [5.41, 5.74) is 1.11. The van der Waals surface area contributed by atoms with Crippen LogP contribution in [-0.4, -0.2) is 40.7 Å². The molecule has 2 aliphatic heterocycles. The van der Waals surface area contributed by atoms with Crippen LogP contribution in [0.15, 0.2) is 17.6 Å². The molecule has 0 bridgehead atoms. The Hall–Kier alpha value is -1.66. The van der Waals surface area contributed by atoms with Gasteiger partial charge in [0.15, 0.2) is 6.23 Å². The van der Waals surface area contributed by atoms with Crippen molar-refractivity contribution in [2.75, 3.05) is 24.6 Å². The third-order valence-corrected chi connectivity index (χ3v) is 4.16. The number of β-amino-alcohol motifs (C(OH)–C–C–N with tert-alkyl or cyclic N) is 1. The van der Waals surface area contributed by atoms with E-state index in [2.05, 4.69) is 11.7 Å².